The minimum atomic E-state index is -0.0348. The number of benzene rings is 1. The molecule has 0 aromatic heterocycles. The van der Waals surface area contributed by atoms with Gasteiger partial charge in [0.2, 0.25) is 5.91 Å². The molecule has 1 heterocycles. The van der Waals surface area contributed by atoms with Crippen molar-refractivity contribution in [1.82, 2.24) is 10.2 Å². The van der Waals surface area contributed by atoms with Gasteiger partial charge in [0, 0.05) is 36.9 Å². The van der Waals surface area contributed by atoms with Crippen molar-refractivity contribution in [2.75, 3.05) is 13.1 Å². The Morgan fingerprint density at radius 1 is 1.25 bits per heavy atom. The van der Waals surface area contributed by atoms with Crippen molar-refractivity contribution in [3.63, 3.8) is 0 Å². The summed E-state index contributed by atoms with van der Waals surface area (Å²) in [6, 6.07) is 7.74. The second-order valence-corrected chi connectivity index (χ2v) is 5.65. The minimum absolute atomic E-state index is 0.0348. The Hall–Kier alpha value is -1.36. The van der Waals surface area contributed by atoms with E-state index in [4.69, 9.17) is 0 Å². The Morgan fingerprint density at radius 2 is 1.85 bits per heavy atom. The van der Waals surface area contributed by atoms with Gasteiger partial charge in [0.15, 0.2) is 0 Å². The lowest BCUT2D eigenvalue weighted by molar-refractivity contribution is -0.129. The van der Waals surface area contributed by atoms with Crippen LogP contribution in [0.3, 0.4) is 0 Å². The molecule has 1 aliphatic rings. The van der Waals surface area contributed by atoms with E-state index in [2.05, 4.69) is 21.2 Å². The van der Waals surface area contributed by atoms with Crippen molar-refractivity contribution < 1.29 is 9.59 Å². The van der Waals surface area contributed by atoms with Gasteiger partial charge in [-0.25, -0.2) is 0 Å². The quantitative estimate of drug-likeness (QED) is 0.860. The van der Waals surface area contributed by atoms with Gasteiger partial charge in [0.1, 0.15) is 0 Å². The zero-order valence-electron chi connectivity index (χ0n) is 11.6. The van der Waals surface area contributed by atoms with E-state index in [0.717, 1.165) is 36.8 Å². The summed E-state index contributed by atoms with van der Waals surface area (Å²) in [5, 5.41) is 3.83. The highest BCUT2D eigenvalue weighted by molar-refractivity contribution is 9.08. The molecule has 0 aliphatic carbocycles. The molecular weight excluding hydrogens is 320 g/mol. The molecule has 1 aromatic rings. The fraction of sp³-hybridized carbons (Fsp3) is 0.467. The van der Waals surface area contributed by atoms with E-state index < -0.39 is 0 Å². The number of carbonyl (C=O) groups is 2. The molecular formula is C15H19BrN2O2. The summed E-state index contributed by atoms with van der Waals surface area (Å²) in [4.78, 5) is 25.2. The van der Waals surface area contributed by atoms with E-state index in [0.29, 0.717) is 5.56 Å². The van der Waals surface area contributed by atoms with Crippen LogP contribution in [0, 0.1) is 0 Å². The van der Waals surface area contributed by atoms with Crippen LogP contribution in [-0.4, -0.2) is 35.8 Å². The molecule has 0 spiro atoms. The number of likely N-dealkylation sites (tertiary alicyclic amines) is 1. The first-order chi connectivity index (χ1) is 9.60. The summed E-state index contributed by atoms with van der Waals surface area (Å²) in [6.45, 7) is 3.04. The number of amides is 2. The third-order valence-electron chi connectivity index (χ3n) is 3.65. The van der Waals surface area contributed by atoms with Crippen LogP contribution in [0.1, 0.15) is 35.7 Å². The molecule has 108 valence electrons. The first kappa shape index (κ1) is 15.0. The van der Waals surface area contributed by atoms with E-state index in [1.165, 1.54) is 0 Å². The van der Waals surface area contributed by atoms with Crippen molar-refractivity contribution >= 4 is 27.7 Å². The maximum atomic E-state index is 12.1. The average Bonchev–Trinajstić information content (AvgIpc) is 2.48. The first-order valence-corrected chi connectivity index (χ1v) is 7.93. The van der Waals surface area contributed by atoms with Crippen molar-refractivity contribution in [3.05, 3.63) is 35.4 Å². The van der Waals surface area contributed by atoms with E-state index in [1.54, 1.807) is 6.92 Å². The molecule has 20 heavy (non-hydrogen) atoms. The minimum Gasteiger partial charge on any atom is -0.349 e. The molecule has 0 unspecified atom stereocenters. The number of nitrogens with zero attached hydrogens (tertiary/aromatic N) is 1. The highest BCUT2D eigenvalue weighted by Crippen LogP contribution is 2.12. The zero-order chi connectivity index (χ0) is 14.5. The Balaban J connectivity index is 1.87. The largest absolute Gasteiger partial charge is 0.349 e. The third-order valence-corrected chi connectivity index (χ3v) is 4.29. The van der Waals surface area contributed by atoms with Crippen LogP contribution >= 0.6 is 15.9 Å². The smallest absolute Gasteiger partial charge is 0.251 e. The monoisotopic (exact) mass is 338 g/mol. The summed E-state index contributed by atoms with van der Waals surface area (Å²) in [5.41, 5.74) is 1.83. The van der Waals surface area contributed by atoms with Gasteiger partial charge in [-0.1, -0.05) is 28.1 Å². The topological polar surface area (TPSA) is 49.4 Å². The van der Waals surface area contributed by atoms with Gasteiger partial charge in [0.25, 0.3) is 5.91 Å². The highest BCUT2D eigenvalue weighted by Gasteiger charge is 2.22. The highest BCUT2D eigenvalue weighted by atomic mass is 79.9. The van der Waals surface area contributed by atoms with Crippen molar-refractivity contribution in [2.24, 2.45) is 0 Å². The molecule has 4 nitrogen and oxygen atoms in total. The van der Waals surface area contributed by atoms with Crippen molar-refractivity contribution in [2.45, 2.75) is 31.1 Å². The van der Waals surface area contributed by atoms with Crippen molar-refractivity contribution in [1.29, 1.82) is 0 Å². The molecule has 1 fully saturated rings. The van der Waals surface area contributed by atoms with Crippen LogP contribution in [0.2, 0.25) is 0 Å². The number of halogens is 1. The van der Waals surface area contributed by atoms with Crippen LogP contribution in [0.15, 0.2) is 24.3 Å². The summed E-state index contributed by atoms with van der Waals surface area (Å²) >= 11 is 3.38. The van der Waals surface area contributed by atoms with E-state index in [1.807, 2.05) is 29.2 Å². The van der Waals surface area contributed by atoms with Gasteiger partial charge in [-0.05, 0) is 30.5 Å². The van der Waals surface area contributed by atoms with Gasteiger partial charge >= 0.3 is 0 Å². The molecule has 1 aliphatic heterocycles. The van der Waals surface area contributed by atoms with Crippen LogP contribution < -0.4 is 5.32 Å². The number of hydrogen-bond acceptors (Lipinski definition) is 2. The first-order valence-electron chi connectivity index (χ1n) is 6.81. The van der Waals surface area contributed by atoms with Crippen LogP contribution in [-0.2, 0) is 10.1 Å². The molecule has 0 saturated carbocycles. The molecule has 0 radical (unpaired) electrons. The van der Waals surface area contributed by atoms with Gasteiger partial charge in [0.05, 0.1) is 0 Å². The Morgan fingerprint density at radius 3 is 2.35 bits per heavy atom. The van der Waals surface area contributed by atoms with Gasteiger partial charge in [-0.3, -0.25) is 9.59 Å². The molecule has 1 N–H and O–H groups in total. The van der Waals surface area contributed by atoms with Gasteiger partial charge in [-0.2, -0.15) is 0 Å². The molecule has 2 rings (SSSR count). The van der Waals surface area contributed by atoms with E-state index in [9.17, 15) is 9.59 Å². The molecule has 1 saturated heterocycles. The lowest BCUT2D eigenvalue weighted by Gasteiger charge is -2.31. The number of hydrogen-bond donors (Lipinski definition) is 1. The molecule has 1 aromatic carbocycles. The second kappa shape index (κ2) is 6.88. The third kappa shape index (κ3) is 3.82. The number of piperidine rings is 1. The van der Waals surface area contributed by atoms with E-state index >= 15 is 0 Å². The number of rotatable bonds is 3. The van der Waals surface area contributed by atoms with Crippen LogP contribution in [0.5, 0.6) is 0 Å². The predicted octanol–water partition coefficient (Wildman–Crippen LogP) is 2.32. The molecule has 0 atom stereocenters. The fourth-order valence-electron chi connectivity index (χ4n) is 2.35. The maximum absolute atomic E-state index is 12.1. The zero-order valence-corrected chi connectivity index (χ0v) is 13.1. The Labute approximate surface area is 127 Å². The lowest BCUT2D eigenvalue weighted by Crippen LogP contribution is -2.45. The van der Waals surface area contributed by atoms with Gasteiger partial charge < -0.3 is 10.2 Å². The second-order valence-electron chi connectivity index (χ2n) is 5.08. The summed E-state index contributed by atoms with van der Waals surface area (Å²) < 4.78 is 0. The predicted molar refractivity (Wildman–Crippen MR) is 81.8 cm³/mol. The summed E-state index contributed by atoms with van der Waals surface area (Å²) in [6.07, 6.45) is 1.65. The fourth-order valence-corrected chi connectivity index (χ4v) is 2.73. The molecule has 2 amide bonds. The number of alkyl halides is 1. The Bertz CT molecular complexity index is 479. The van der Waals surface area contributed by atoms with Crippen LogP contribution in [0.25, 0.3) is 0 Å². The lowest BCUT2D eigenvalue weighted by atomic mass is 10.0. The summed E-state index contributed by atoms with van der Waals surface area (Å²) in [5.74, 6) is 0.0764. The van der Waals surface area contributed by atoms with Gasteiger partial charge in [-0.15, -0.1) is 0 Å². The average molecular weight is 339 g/mol. The van der Waals surface area contributed by atoms with Crippen LogP contribution in [0.4, 0.5) is 0 Å². The standard InChI is InChI=1S/C15H19BrN2O2/c1-11(19)18-8-6-14(7-9-18)17-15(20)13-4-2-12(10-16)3-5-13/h2-5,14H,6-10H2,1H3,(H,17,20). The SMILES string of the molecule is CC(=O)N1CCC(NC(=O)c2ccc(CBr)cc2)CC1. The maximum Gasteiger partial charge on any atom is 0.251 e. The number of nitrogens with one attached hydrogen (secondary N) is 1. The summed E-state index contributed by atoms with van der Waals surface area (Å²) in [7, 11) is 0. The number of carbonyl (C=O) groups excluding carboxylic acids is 2. The normalized spacial score (nSPS) is 16.0. The molecule has 5 heteroatoms. The Kier molecular flexibility index (Phi) is 5.17. The van der Waals surface area contributed by atoms with Crippen molar-refractivity contribution in [3.8, 4) is 0 Å². The molecule has 0 bridgehead atoms. The van der Waals surface area contributed by atoms with E-state index in [-0.39, 0.29) is 17.9 Å².